The topological polar surface area (TPSA) is 108 Å². The van der Waals surface area contributed by atoms with Crippen LogP contribution in [0.2, 0.25) is 0 Å². The van der Waals surface area contributed by atoms with Crippen molar-refractivity contribution in [2.24, 2.45) is 0 Å². The summed E-state index contributed by atoms with van der Waals surface area (Å²) in [5, 5.41) is 30.7. The van der Waals surface area contributed by atoms with E-state index < -0.39 is 37.3 Å². The van der Waals surface area contributed by atoms with Crippen LogP contribution < -0.4 is 5.32 Å². The fourth-order valence-corrected chi connectivity index (χ4v) is 1.67. The number of ether oxygens (including phenoxy) is 2. The van der Waals surface area contributed by atoms with Crippen molar-refractivity contribution < 1.29 is 29.6 Å². The highest BCUT2D eigenvalue weighted by Crippen LogP contribution is 2.21. The Morgan fingerprint density at radius 2 is 1.89 bits per heavy atom. The fraction of sp³-hybridized carbons (Fsp3) is 0.909. The van der Waals surface area contributed by atoms with E-state index in [2.05, 4.69) is 5.32 Å². The number of aliphatic hydroxyl groups is 3. The van der Waals surface area contributed by atoms with Gasteiger partial charge in [0.1, 0.15) is 24.4 Å². The molecule has 5 atom stereocenters. The minimum Gasteiger partial charge on any atom is -0.394 e. The lowest BCUT2D eigenvalue weighted by Crippen LogP contribution is -2.64. The largest absolute Gasteiger partial charge is 0.394 e. The Balaban J connectivity index is 0.00000137. The van der Waals surface area contributed by atoms with Crippen LogP contribution in [0.25, 0.3) is 0 Å². The molecule has 0 unspecified atom stereocenters. The van der Waals surface area contributed by atoms with E-state index in [9.17, 15) is 15.0 Å². The number of aliphatic hydroxyl groups excluding tert-OH is 3. The van der Waals surface area contributed by atoms with E-state index in [1.807, 2.05) is 13.8 Å². The first kappa shape index (κ1) is 17.3. The fourth-order valence-electron chi connectivity index (χ4n) is 1.67. The summed E-state index contributed by atoms with van der Waals surface area (Å²) in [6.07, 6.45) is -4.35. The van der Waals surface area contributed by atoms with Crippen molar-refractivity contribution in [1.82, 2.24) is 5.32 Å². The zero-order chi connectivity index (χ0) is 14.3. The van der Waals surface area contributed by atoms with Gasteiger partial charge in [0, 0.05) is 14.0 Å². The highest BCUT2D eigenvalue weighted by atomic mass is 16.7. The van der Waals surface area contributed by atoms with Gasteiger partial charge in [-0.2, -0.15) is 0 Å². The first-order chi connectivity index (χ1) is 8.51. The number of nitrogens with one attached hydrogen (secondary N) is 1. The molecular weight excluding hydrogens is 242 g/mol. The lowest BCUT2D eigenvalue weighted by atomic mass is 9.97. The van der Waals surface area contributed by atoms with Gasteiger partial charge in [-0.3, -0.25) is 4.79 Å². The standard InChI is InChI=1S/C9H17NO6.C2H6/c1-4(12)10-6-8(14)7(13)5(3-11)16-9(6)15-2;1-2/h5-9,11,13-14H,3H2,1-2H3,(H,10,12);1-2H3/t5-,6-,7+,8-,9+;/m1./s1. The molecule has 18 heavy (non-hydrogen) atoms. The summed E-state index contributed by atoms with van der Waals surface area (Å²) in [7, 11) is 1.35. The van der Waals surface area contributed by atoms with Gasteiger partial charge in [0.2, 0.25) is 5.91 Å². The Hall–Kier alpha value is -0.730. The summed E-state index contributed by atoms with van der Waals surface area (Å²) in [5.74, 6) is -0.371. The average molecular weight is 265 g/mol. The maximum Gasteiger partial charge on any atom is 0.217 e. The van der Waals surface area contributed by atoms with Gasteiger partial charge in [0.05, 0.1) is 6.61 Å². The molecule has 4 N–H and O–H groups in total. The molecule has 0 aromatic carbocycles. The molecule has 1 aliphatic heterocycles. The van der Waals surface area contributed by atoms with Crippen molar-refractivity contribution in [1.29, 1.82) is 0 Å². The Kier molecular flexibility index (Phi) is 8.05. The summed E-state index contributed by atoms with van der Waals surface area (Å²) in [4.78, 5) is 10.9. The number of hydrogen-bond donors (Lipinski definition) is 4. The molecule has 1 heterocycles. The zero-order valence-electron chi connectivity index (χ0n) is 11.2. The number of carbonyl (C=O) groups excluding carboxylic acids is 1. The molecular formula is C11H23NO6. The molecule has 1 aliphatic rings. The average Bonchev–Trinajstić information content (AvgIpc) is 2.37. The first-order valence-corrected chi connectivity index (χ1v) is 5.93. The lowest BCUT2D eigenvalue weighted by molar-refractivity contribution is -0.262. The molecule has 7 nitrogen and oxygen atoms in total. The number of methoxy groups -OCH3 is 1. The highest BCUT2D eigenvalue weighted by molar-refractivity contribution is 5.73. The Bertz CT molecular complexity index is 248. The Labute approximate surface area is 107 Å². The molecule has 7 heteroatoms. The van der Waals surface area contributed by atoms with Crippen LogP contribution in [-0.4, -0.2) is 65.6 Å². The molecule has 1 fully saturated rings. The van der Waals surface area contributed by atoms with Gasteiger partial charge >= 0.3 is 0 Å². The smallest absolute Gasteiger partial charge is 0.217 e. The van der Waals surface area contributed by atoms with Gasteiger partial charge in [-0.25, -0.2) is 0 Å². The predicted molar refractivity (Wildman–Crippen MR) is 63.7 cm³/mol. The van der Waals surface area contributed by atoms with Crippen LogP contribution in [0.4, 0.5) is 0 Å². The molecule has 108 valence electrons. The van der Waals surface area contributed by atoms with E-state index in [1.165, 1.54) is 14.0 Å². The third kappa shape index (κ3) is 4.18. The minimum atomic E-state index is -1.27. The Morgan fingerprint density at radius 1 is 1.33 bits per heavy atom. The van der Waals surface area contributed by atoms with E-state index >= 15 is 0 Å². The summed E-state index contributed by atoms with van der Waals surface area (Å²) in [6.45, 7) is 4.84. The van der Waals surface area contributed by atoms with Crippen molar-refractivity contribution in [2.45, 2.75) is 51.4 Å². The van der Waals surface area contributed by atoms with Crippen molar-refractivity contribution in [2.75, 3.05) is 13.7 Å². The van der Waals surface area contributed by atoms with Crippen molar-refractivity contribution in [3.8, 4) is 0 Å². The Morgan fingerprint density at radius 3 is 2.28 bits per heavy atom. The molecule has 1 saturated heterocycles. The minimum absolute atomic E-state index is 0.371. The predicted octanol–water partition coefficient (Wildman–Crippen LogP) is -1.40. The summed E-state index contributed by atoms with van der Waals surface area (Å²) >= 11 is 0. The molecule has 0 radical (unpaired) electrons. The van der Waals surface area contributed by atoms with Crippen molar-refractivity contribution >= 4 is 5.91 Å². The molecule has 0 bridgehead atoms. The zero-order valence-corrected chi connectivity index (χ0v) is 11.2. The number of carbonyl (C=O) groups is 1. The maximum absolute atomic E-state index is 10.9. The van der Waals surface area contributed by atoms with Gasteiger partial charge in [0.25, 0.3) is 0 Å². The van der Waals surface area contributed by atoms with Crippen LogP contribution >= 0.6 is 0 Å². The monoisotopic (exact) mass is 265 g/mol. The number of rotatable bonds is 3. The van der Waals surface area contributed by atoms with Crippen LogP contribution in [-0.2, 0) is 14.3 Å². The number of hydrogen-bond acceptors (Lipinski definition) is 6. The molecule has 0 aromatic heterocycles. The van der Waals surface area contributed by atoms with Crippen molar-refractivity contribution in [3.63, 3.8) is 0 Å². The summed E-state index contributed by atoms with van der Waals surface area (Å²) < 4.78 is 10.1. The van der Waals surface area contributed by atoms with E-state index in [0.717, 1.165) is 0 Å². The van der Waals surface area contributed by atoms with Crippen LogP contribution in [0.5, 0.6) is 0 Å². The van der Waals surface area contributed by atoms with E-state index in [1.54, 1.807) is 0 Å². The van der Waals surface area contributed by atoms with Crippen molar-refractivity contribution in [3.05, 3.63) is 0 Å². The second-order valence-electron chi connectivity index (χ2n) is 3.67. The van der Waals surface area contributed by atoms with E-state index in [4.69, 9.17) is 14.6 Å². The second-order valence-corrected chi connectivity index (χ2v) is 3.67. The second kappa shape index (κ2) is 8.39. The highest BCUT2D eigenvalue weighted by Gasteiger charge is 2.44. The maximum atomic E-state index is 10.9. The normalized spacial score (nSPS) is 35.4. The molecule has 0 spiro atoms. The van der Waals surface area contributed by atoms with Gasteiger partial charge in [0.15, 0.2) is 6.29 Å². The summed E-state index contributed by atoms with van der Waals surface area (Å²) in [5.41, 5.74) is 0. The van der Waals surface area contributed by atoms with E-state index in [-0.39, 0.29) is 5.91 Å². The SMILES string of the molecule is CC.CO[C@H]1O[C@H](CO)[C@H](O)[C@H](O)[C@H]1NC(C)=O. The molecule has 1 rings (SSSR count). The summed E-state index contributed by atoms with van der Waals surface area (Å²) in [6, 6.07) is -0.861. The molecule has 0 saturated carbocycles. The van der Waals surface area contributed by atoms with Gasteiger partial charge in [-0.1, -0.05) is 13.8 Å². The molecule has 1 amide bonds. The van der Waals surface area contributed by atoms with Crippen LogP contribution in [0.1, 0.15) is 20.8 Å². The van der Waals surface area contributed by atoms with Gasteiger partial charge in [-0.15, -0.1) is 0 Å². The first-order valence-electron chi connectivity index (χ1n) is 5.93. The number of amides is 1. The van der Waals surface area contributed by atoms with Gasteiger partial charge in [-0.05, 0) is 0 Å². The lowest BCUT2D eigenvalue weighted by Gasteiger charge is -2.41. The van der Waals surface area contributed by atoms with Crippen LogP contribution in [0.15, 0.2) is 0 Å². The third-order valence-electron chi connectivity index (χ3n) is 2.48. The van der Waals surface area contributed by atoms with Crippen LogP contribution in [0, 0.1) is 0 Å². The van der Waals surface area contributed by atoms with Gasteiger partial charge < -0.3 is 30.1 Å². The third-order valence-corrected chi connectivity index (χ3v) is 2.48. The van der Waals surface area contributed by atoms with E-state index in [0.29, 0.717) is 0 Å². The van der Waals surface area contributed by atoms with Crippen LogP contribution in [0.3, 0.4) is 0 Å². The quantitative estimate of drug-likeness (QED) is 0.500. The molecule has 0 aromatic rings. The molecule has 0 aliphatic carbocycles.